The highest BCUT2D eigenvalue weighted by atomic mass is 19.4. The van der Waals surface area contributed by atoms with E-state index in [9.17, 15) is 13.2 Å². The van der Waals surface area contributed by atoms with E-state index >= 15 is 0 Å². The van der Waals surface area contributed by atoms with Gasteiger partial charge in [0, 0.05) is 0 Å². The number of fused-ring (bicyclic) bond motifs is 1. The summed E-state index contributed by atoms with van der Waals surface area (Å²) < 4.78 is 49.1. The fraction of sp³-hybridized carbons (Fsp3) is 0.500. The molecule has 0 amide bonds. The summed E-state index contributed by atoms with van der Waals surface area (Å²) >= 11 is 0. The molecule has 0 spiro atoms. The molecule has 0 saturated carbocycles. The second-order valence-corrected chi connectivity index (χ2v) is 4.15. The minimum absolute atomic E-state index is 0.0657. The Balaban J connectivity index is 2.52. The van der Waals surface area contributed by atoms with Gasteiger partial charge in [-0.25, -0.2) is 0 Å². The molecule has 94 valence electrons. The molecule has 1 atom stereocenters. The molecule has 1 aromatic rings. The van der Waals surface area contributed by atoms with Crippen molar-refractivity contribution in [2.45, 2.75) is 25.1 Å². The topological polar surface area (TPSA) is 18.5 Å². The van der Waals surface area contributed by atoms with E-state index in [1.165, 1.54) is 19.2 Å². The molecule has 1 aromatic carbocycles. The van der Waals surface area contributed by atoms with Crippen molar-refractivity contribution in [3.05, 3.63) is 29.3 Å². The van der Waals surface area contributed by atoms with E-state index < -0.39 is 11.8 Å². The smallest absolute Gasteiger partial charge is 0.421 e. The van der Waals surface area contributed by atoms with E-state index in [1.54, 1.807) is 6.07 Å². The zero-order valence-corrected chi connectivity index (χ0v) is 9.60. The van der Waals surface area contributed by atoms with Gasteiger partial charge in [0.1, 0.15) is 5.75 Å². The lowest BCUT2D eigenvalue weighted by molar-refractivity contribution is -0.281. The molecular formula is C12H13F3O2. The van der Waals surface area contributed by atoms with Crippen LogP contribution in [0.1, 0.15) is 18.1 Å². The highest BCUT2D eigenvalue weighted by Crippen LogP contribution is 2.45. The Kier molecular flexibility index (Phi) is 2.81. The molecule has 0 aliphatic carbocycles. The average molecular weight is 246 g/mol. The lowest BCUT2D eigenvalue weighted by Gasteiger charge is -2.37. The van der Waals surface area contributed by atoms with Crippen molar-refractivity contribution in [1.29, 1.82) is 0 Å². The Bertz CT molecular complexity index is 428. The summed E-state index contributed by atoms with van der Waals surface area (Å²) in [6.07, 6.45) is -3.95. The first-order valence-electron chi connectivity index (χ1n) is 5.26. The molecule has 2 rings (SSSR count). The number of hydrogen-bond donors (Lipinski definition) is 0. The van der Waals surface area contributed by atoms with Gasteiger partial charge in [0.25, 0.3) is 0 Å². The van der Waals surface area contributed by atoms with Crippen LogP contribution in [-0.2, 0) is 16.8 Å². The zero-order chi connectivity index (χ0) is 12.7. The molecule has 5 heteroatoms. The van der Waals surface area contributed by atoms with Crippen LogP contribution >= 0.6 is 0 Å². The number of benzene rings is 1. The summed E-state index contributed by atoms with van der Waals surface area (Å²) in [4.78, 5) is 0. The summed E-state index contributed by atoms with van der Waals surface area (Å²) in [6, 6.07) is 4.60. The first kappa shape index (κ1) is 12.2. The third kappa shape index (κ3) is 1.88. The van der Waals surface area contributed by atoms with Gasteiger partial charge >= 0.3 is 6.18 Å². The molecule has 0 fully saturated rings. The van der Waals surface area contributed by atoms with Crippen LogP contribution < -0.4 is 4.74 Å². The summed E-state index contributed by atoms with van der Waals surface area (Å²) in [5.41, 5.74) is -1.40. The molecule has 0 aromatic heterocycles. The Morgan fingerprint density at radius 1 is 1.35 bits per heavy atom. The predicted octanol–water partition coefficient (Wildman–Crippen LogP) is 3.05. The summed E-state index contributed by atoms with van der Waals surface area (Å²) in [5, 5.41) is 0. The molecule has 1 heterocycles. The number of methoxy groups -OCH3 is 1. The average Bonchev–Trinajstić information content (AvgIpc) is 2.27. The van der Waals surface area contributed by atoms with Crippen molar-refractivity contribution in [3.63, 3.8) is 0 Å². The predicted molar refractivity (Wildman–Crippen MR) is 56.1 cm³/mol. The van der Waals surface area contributed by atoms with E-state index in [4.69, 9.17) is 9.47 Å². The van der Waals surface area contributed by atoms with Gasteiger partial charge in [-0.05, 0) is 36.6 Å². The van der Waals surface area contributed by atoms with Crippen LogP contribution in [0.5, 0.6) is 5.75 Å². The van der Waals surface area contributed by atoms with Crippen LogP contribution in [0.4, 0.5) is 13.2 Å². The molecule has 1 aliphatic rings. The maximum Gasteiger partial charge on any atom is 0.421 e. The molecule has 2 nitrogen and oxygen atoms in total. The summed E-state index contributed by atoms with van der Waals surface area (Å²) in [5.74, 6) is 0.565. The highest BCUT2D eigenvalue weighted by Gasteiger charge is 2.55. The third-order valence-electron chi connectivity index (χ3n) is 3.13. The van der Waals surface area contributed by atoms with E-state index in [0.717, 1.165) is 6.92 Å². The summed E-state index contributed by atoms with van der Waals surface area (Å²) in [7, 11) is 1.49. The van der Waals surface area contributed by atoms with Crippen molar-refractivity contribution in [1.82, 2.24) is 0 Å². The number of ether oxygens (including phenoxy) is 2. The first-order valence-corrected chi connectivity index (χ1v) is 5.26. The number of rotatable bonds is 1. The van der Waals surface area contributed by atoms with Gasteiger partial charge in [-0.1, -0.05) is 6.07 Å². The molecule has 0 radical (unpaired) electrons. The SMILES string of the molecule is COc1ccc2c(c1)CCOC2(C)C(F)(F)F. The zero-order valence-electron chi connectivity index (χ0n) is 9.60. The second-order valence-electron chi connectivity index (χ2n) is 4.15. The van der Waals surface area contributed by atoms with Crippen LogP contribution in [0.3, 0.4) is 0 Å². The molecule has 1 unspecified atom stereocenters. The van der Waals surface area contributed by atoms with Crippen molar-refractivity contribution >= 4 is 0 Å². The van der Waals surface area contributed by atoms with Crippen molar-refractivity contribution in [2.24, 2.45) is 0 Å². The lowest BCUT2D eigenvalue weighted by Crippen LogP contribution is -2.45. The summed E-state index contributed by atoms with van der Waals surface area (Å²) in [6.45, 7) is 1.13. The van der Waals surface area contributed by atoms with Gasteiger partial charge in [0.05, 0.1) is 13.7 Å². The van der Waals surface area contributed by atoms with E-state index in [2.05, 4.69) is 0 Å². The van der Waals surface area contributed by atoms with Gasteiger partial charge in [0.15, 0.2) is 5.60 Å². The second kappa shape index (κ2) is 3.91. The number of halogens is 3. The fourth-order valence-electron chi connectivity index (χ4n) is 2.05. The quantitative estimate of drug-likeness (QED) is 0.758. The maximum atomic E-state index is 13.0. The largest absolute Gasteiger partial charge is 0.497 e. The van der Waals surface area contributed by atoms with Crippen LogP contribution in [0, 0.1) is 0 Å². The van der Waals surface area contributed by atoms with Gasteiger partial charge in [-0.3, -0.25) is 0 Å². The minimum Gasteiger partial charge on any atom is -0.497 e. The Morgan fingerprint density at radius 3 is 2.65 bits per heavy atom. The van der Waals surface area contributed by atoms with Gasteiger partial charge < -0.3 is 9.47 Å². The number of hydrogen-bond acceptors (Lipinski definition) is 2. The molecule has 1 aliphatic heterocycles. The number of alkyl halides is 3. The van der Waals surface area contributed by atoms with Crippen molar-refractivity contribution < 1.29 is 22.6 Å². The van der Waals surface area contributed by atoms with E-state index in [1.807, 2.05) is 0 Å². The van der Waals surface area contributed by atoms with Crippen LogP contribution in [0.2, 0.25) is 0 Å². The van der Waals surface area contributed by atoms with Crippen LogP contribution in [0.15, 0.2) is 18.2 Å². The molecule has 17 heavy (non-hydrogen) atoms. The van der Waals surface area contributed by atoms with Crippen molar-refractivity contribution in [2.75, 3.05) is 13.7 Å². The monoisotopic (exact) mass is 246 g/mol. The van der Waals surface area contributed by atoms with Gasteiger partial charge in [-0.15, -0.1) is 0 Å². The van der Waals surface area contributed by atoms with Crippen LogP contribution in [0.25, 0.3) is 0 Å². The Hall–Kier alpha value is -1.23. The Morgan fingerprint density at radius 2 is 2.06 bits per heavy atom. The Labute approximate surface area is 97.3 Å². The highest BCUT2D eigenvalue weighted by molar-refractivity contribution is 5.41. The standard InChI is InChI=1S/C12H13F3O2/c1-11(12(13,14)15)10-4-3-9(16-2)7-8(10)5-6-17-11/h3-4,7H,5-6H2,1-2H3. The molecule has 0 N–H and O–H groups in total. The molecular weight excluding hydrogens is 233 g/mol. The third-order valence-corrected chi connectivity index (χ3v) is 3.13. The lowest BCUT2D eigenvalue weighted by atomic mass is 9.87. The molecule has 0 saturated heterocycles. The van der Waals surface area contributed by atoms with Crippen LogP contribution in [-0.4, -0.2) is 19.9 Å². The van der Waals surface area contributed by atoms with Crippen molar-refractivity contribution in [3.8, 4) is 5.75 Å². The minimum atomic E-state index is -4.42. The first-order chi connectivity index (χ1) is 7.88. The van der Waals surface area contributed by atoms with Gasteiger partial charge in [0.2, 0.25) is 0 Å². The van der Waals surface area contributed by atoms with E-state index in [-0.39, 0.29) is 12.2 Å². The van der Waals surface area contributed by atoms with E-state index in [0.29, 0.717) is 17.7 Å². The normalized spacial score (nSPS) is 24.3. The maximum absolute atomic E-state index is 13.0. The fourth-order valence-corrected chi connectivity index (χ4v) is 2.05. The van der Waals surface area contributed by atoms with Gasteiger partial charge in [-0.2, -0.15) is 13.2 Å². The molecule has 0 bridgehead atoms.